The Kier molecular flexibility index (Phi) is 4.22. The van der Waals surface area contributed by atoms with Gasteiger partial charge in [0.05, 0.1) is 5.03 Å². The summed E-state index contributed by atoms with van der Waals surface area (Å²) in [7, 11) is 1.27. The molecule has 1 aliphatic rings. The SMILES string of the molecule is CN1CC=C(Cl)C(=O)C(=O)C1C(Cl)C(F)(F)F. The lowest BCUT2D eigenvalue weighted by Crippen LogP contribution is -2.51. The second-order valence-corrected chi connectivity index (χ2v) is 4.45. The fourth-order valence-corrected chi connectivity index (χ4v) is 1.89. The molecule has 1 rings (SSSR count). The molecule has 0 amide bonds. The Hall–Kier alpha value is -0.590. The third-order valence-electron chi connectivity index (χ3n) is 2.33. The highest BCUT2D eigenvalue weighted by Crippen LogP contribution is 2.31. The van der Waals surface area contributed by atoms with Crippen LogP contribution in [0, 0.1) is 0 Å². The first-order valence-corrected chi connectivity index (χ1v) is 5.33. The molecule has 0 aliphatic carbocycles. The summed E-state index contributed by atoms with van der Waals surface area (Å²) in [6.45, 7) is -0.0553. The van der Waals surface area contributed by atoms with E-state index < -0.39 is 29.2 Å². The van der Waals surface area contributed by atoms with Gasteiger partial charge in [0.1, 0.15) is 6.04 Å². The van der Waals surface area contributed by atoms with Gasteiger partial charge in [-0.3, -0.25) is 14.5 Å². The van der Waals surface area contributed by atoms with Gasteiger partial charge in [0.15, 0.2) is 5.38 Å². The molecule has 0 saturated carbocycles. The molecular weight excluding hydrogens is 282 g/mol. The van der Waals surface area contributed by atoms with Crippen LogP contribution >= 0.6 is 23.2 Å². The van der Waals surface area contributed by atoms with Gasteiger partial charge >= 0.3 is 6.18 Å². The van der Waals surface area contributed by atoms with E-state index in [9.17, 15) is 22.8 Å². The maximum atomic E-state index is 12.5. The number of hydrogen-bond acceptors (Lipinski definition) is 3. The van der Waals surface area contributed by atoms with Gasteiger partial charge in [-0.15, -0.1) is 11.6 Å². The van der Waals surface area contributed by atoms with Gasteiger partial charge in [-0.05, 0) is 13.1 Å². The minimum Gasteiger partial charge on any atom is -0.291 e. The molecule has 0 fully saturated rings. The lowest BCUT2D eigenvalue weighted by Gasteiger charge is -2.28. The van der Waals surface area contributed by atoms with E-state index in [4.69, 9.17) is 23.2 Å². The Morgan fingerprint density at radius 2 is 2.00 bits per heavy atom. The van der Waals surface area contributed by atoms with Crippen molar-refractivity contribution in [1.29, 1.82) is 0 Å². The molecule has 0 saturated heterocycles. The van der Waals surface area contributed by atoms with Gasteiger partial charge in [-0.1, -0.05) is 11.6 Å². The summed E-state index contributed by atoms with van der Waals surface area (Å²) in [6, 6.07) is -1.75. The lowest BCUT2D eigenvalue weighted by molar-refractivity contribution is -0.153. The van der Waals surface area contributed by atoms with Gasteiger partial charge in [-0.25, -0.2) is 0 Å². The van der Waals surface area contributed by atoms with Crippen LogP contribution in [0.15, 0.2) is 11.1 Å². The normalized spacial score (nSPS) is 25.5. The van der Waals surface area contributed by atoms with E-state index in [1.54, 1.807) is 0 Å². The van der Waals surface area contributed by atoms with Crippen molar-refractivity contribution in [3.8, 4) is 0 Å². The quantitative estimate of drug-likeness (QED) is 0.545. The predicted molar refractivity (Wildman–Crippen MR) is 56.1 cm³/mol. The summed E-state index contributed by atoms with van der Waals surface area (Å²) in [5, 5.41) is -2.82. The van der Waals surface area contributed by atoms with Crippen molar-refractivity contribution in [3.05, 3.63) is 11.1 Å². The number of hydrogen-bond donors (Lipinski definition) is 0. The minimum absolute atomic E-state index is 0.0553. The van der Waals surface area contributed by atoms with Crippen molar-refractivity contribution in [2.45, 2.75) is 17.6 Å². The van der Waals surface area contributed by atoms with Crippen LogP contribution in [0.2, 0.25) is 0 Å². The topological polar surface area (TPSA) is 37.4 Å². The number of likely N-dealkylation sites (N-methyl/N-ethyl adjacent to an activating group) is 1. The maximum absolute atomic E-state index is 12.5. The summed E-state index contributed by atoms with van der Waals surface area (Å²) in [5.74, 6) is -2.39. The van der Waals surface area contributed by atoms with Gasteiger partial charge in [0, 0.05) is 6.54 Å². The largest absolute Gasteiger partial charge is 0.406 e. The molecule has 2 atom stereocenters. The van der Waals surface area contributed by atoms with E-state index >= 15 is 0 Å². The van der Waals surface area contributed by atoms with E-state index in [0.29, 0.717) is 0 Å². The molecule has 0 aromatic rings. The molecule has 0 bridgehead atoms. The van der Waals surface area contributed by atoms with Crippen molar-refractivity contribution in [2.24, 2.45) is 0 Å². The van der Waals surface area contributed by atoms with Gasteiger partial charge < -0.3 is 0 Å². The number of Topliss-reactive ketones (excluding diaryl/α,β-unsaturated/α-hetero) is 2. The number of ketones is 2. The smallest absolute Gasteiger partial charge is 0.291 e. The Bertz CT molecular complexity index is 381. The van der Waals surface area contributed by atoms with Crippen molar-refractivity contribution in [1.82, 2.24) is 4.90 Å². The first-order chi connectivity index (χ1) is 7.66. The number of carbonyl (C=O) groups excluding carboxylic acids is 2. The molecule has 0 aromatic heterocycles. The van der Waals surface area contributed by atoms with Crippen LogP contribution in [0.25, 0.3) is 0 Å². The Morgan fingerprint density at radius 1 is 1.47 bits per heavy atom. The summed E-state index contributed by atoms with van der Waals surface area (Å²) in [6.07, 6.45) is -3.59. The number of halogens is 5. The number of allylic oxidation sites excluding steroid dienone is 1. The molecule has 0 radical (unpaired) electrons. The third-order valence-corrected chi connectivity index (χ3v) is 3.14. The van der Waals surface area contributed by atoms with E-state index in [1.807, 2.05) is 0 Å². The van der Waals surface area contributed by atoms with Crippen LogP contribution in [0.5, 0.6) is 0 Å². The maximum Gasteiger partial charge on any atom is 0.406 e. The second-order valence-electron chi connectivity index (χ2n) is 3.57. The van der Waals surface area contributed by atoms with Crippen LogP contribution in [0.1, 0.15) is 0 Å². The molecule has 0 spiro atoms. The summed E-state index contributed by atoms with van der Waals surface area (Å²) < 4.78 is 37.4. The fraction of sp³-hybridized carbons (Fsp3) is 0.556. The van der Waals surface area contributed by atoms with Crippen molar-refractivity contribution in [3.63, 3.8) is 0 Å². The van der Waals surface area contributed by atoms with Crippen LogP contribution < -0.4 is 0 Å². The van der Waals surface area contributed by atoms with Crippen molar-refractivity contribution >= 4 is 34.8 Å². The predicted octanol–water partition coefficient (Wildman–Crippen LogP) is 1.73. The molecule has 96 valence electrons. The first kappa shape index (κ1) is 14.5. The zero-order chi connectivity index (χ0) is 13.4. The zero-order valence-corrected chi connectivity index (χ0v) is 10.1. The second kappa shape index (κ2) is 4.96. The third kappa shape index (κ3) is 3.00. The average Bonchev–Trinajstić information content (AvgIpc) is 2.30. The average molecular weight is 290 g/mol. The van der Waals surface area contributed by atoms with Crippen LogP contribution in [-0.2, 0) is 9.59 Å². The van der Waals surface area contributed by atoms with Gasteiger partial charge in [-0.2, -0.15) is 13.2 Å². The first-order valence-electron chi connectivity index (χ1n) is 4.51. The Morgan fingerprint density at radius 3 is 2.47 bits per heavy atom. The van der Waals surface area contributed by atoms with Gasteiger partial charge in [0.2, 0.25) is 11.6 Å². The number of rotatable bonds is 1. The molecule has 1 aliphatic heterocycles. The summed E-state index contributed by atoms with van der Waals surface area (Å²) in [5.41, 5.74) is 0. The minimum atomic E-state index is -4.77. The summed E-state index contributed by atoms with van der Waals surface area (Å²) >= 11 is 10.7. The number of nitrogens with zero attached hydrogens (tertiary/aromatic N) is 1. The fourth-order valence-electron chi connectivity index (χ4n) is 1.42. The molecule has 0 aromatic carbocycles. The van der Waals surface area contributed by atoms with E-state index in [2.05, 4.69) is 0 Å². The van der Waals surface area contributed by atoms with Crippen LogP contribution in [0.3, 0.4) is 0 Å². The number of carbonyl (C=O) groups is 2. The molecule has 17 heavy (non-hydrogen) atoms. The van der Waals surface area contributed by atoms with E-state index in [-0.39, 0.29) is 11.6 Å². The number of alkyl halides is 4. The molecule has 1 heterocycles. The van der Waals surface area contributed by atoms with Crippen LogP contribution in [-0.4, -0.2) is 47.7 Å². The van der Waals surface area contributed by atoms with E-state index in [1.165, 1.54) is 13.1 Å². The highest BCUT2D eigenvalue weighted by Gasteiger charge is 2.50. The highest BCUT2D eigenvalue weighted by molar-refractivity contribution is 6.59. The lowest BCUT2D eigenvalue weighted by atomic mass is 10.0. The molecular formula is C9H8Cl2F3NO2. The van der Waals surface area contributed by atoms with E-state index in [0.717, 1.165) is 4.90 Å². The highest BCUT2D eigenvalue weighted by atomic mass is 35.5. The van der Waals surface area contributed by atoms with Crippen molar-refractivity contribution in [2.75, 3.05) is 13.6 Å². The van der Waals surface area contributed by atoms with Gasteiger partial charge in [0.25, 0.3) is 0 Å². The molecule has 0 N–H and O–H groups in total. The Balaban J connectivity index is 3.07. The molecule has 2 unspecified atom stereocenters. The summed E-state index contributed by atoms with van der Waals surface area (Å²) in [4.78, 5) is 23.9. The Labute approximate surface area is 105 Å². The zero-order valence-electron chi connectivity index (χ0n) is 8.59. The molecule has 8 heteroatoms. The molecule has 3 nitrogen and oxygen atoms in total. The van der Waals surface area contributed by atoms with Crippen LogP contribution in [0.4, 0.5) is 13.2 Å². The monoisotopic (exact) mass is 289 g/mol. The van der Waals surface area contributed by atoms with Crippen molar-refractivity contribution < 1.29 is 22.8 Å². The standard InChI is InChI=1S/C9H8Cl2F3NO2/c1-15-3-2-4(10)6(16)7(17)5(15)8(11)9(12,13)14/h2,5,8H,3H2,1H3.